The molecule has 3 rings (SSSR count). The Morgan fingerprint density at radius 1 is 0.970 bits per heavy atom. The number of benzene rings is 2. The summed E-state index contributed by atoms with van der Waals surface area (Å²) in [6, 6.07) is 14.9. The summed E-state index contributed by atoms with van der Waals surface area (Å²) in [5.74, 6) is -1.30. The van der Waals surface area contributed by atoms with Crippen LogP contribution in [-0.4, -0.2) is 41.8 Å². The number of carbonyl (C=O) groups is 3. The van der Waals surface area contributed by atoms with E-state index in [1.54, 1.807) is 0 Å². The van der Waals surface area contributed by atoms with Crippen molar-refractivity contribution in [1.82, 2.24) is 10.6 Å². The lowest BCUT2D eigenvalue weighted by Gasteiger charge is -2.23. The third kappa shape index (κ3) is 6.12. The first-order valence-electron chi connectivity index (χ1n) is 11.4. The third-order valence-electron chi connectivity index (χ3n) is 5.92. The molecular formula is C26H32N2O5. The van der Waals surface area contributed by atoms with E-state index in [0.717, 1.165) is 22.3 Å². The van der Waals surface area contributed by atoms with Gasteiger partial charge in [0.1, 0.15) is 12.6 Å². The summed E-state index contributed by atoms with van der Waals surface area (Å²) in [6.45, 7) is 5.87. The molecule has 7 heteroatoms. The van der Waals surface area contributed by atoms with Crippen LogP contribution in [0.3, 0.4) is 0 Å². The molecule has 1 unspecified atom stereocenters. The van der Waals surface area contributed by atoms with Crippen LogP contribution in [0.5, 0.6) is 0 Å². The molecule has 0 aliphatic heterocycles. The number of carboxylic acids is 1. The Balaban J connectivity index is 1.65. The monoisotopic (exact) mass is 452 g/mol. The topological polar surface area (TPSA) is 105 Å². The van der Waals surface area contributed by atoms with Gasteiger partial charge in [0.2, 0.25) is 5.91 Å². The smallest absolute Gasteiger partial charge is 0.407 e. The molecule has 2 aromatic carbocycles. The van der Waals surface area contributed by atoms with E-state index < -0.39 is 30.1 Å². The molecule has 0 fully saturated rings. The van der Waals surface area contributed by atoms with E-state index in [1.165, 1.54) is 0 Å². The van der Waals surface area contributed by atoms with Crippen LogP contribution in [0.2, 0.25) is 0 Å². The highest BCUT2D eigenvalue weighted by atomic mass is 16.5. The van der Waals surface area contributed by atoms with Gasteiger partial charge in [-0.2, -0.15) is 0 Å². The van der Waals surface area contributed by atoms with Crippen molar-refractivity contribution < 1.29 is 24.2 Å². The van der Waals surface area contributed by atoms with E-state index in [-0.39, 0.29) is 24.9 Å². The van der Waals surface area contributed by atoms with Crippen molar-refractivity contribution >= 4 is 18.0 Å². The standard InChI is InChI=1S/C26H32N2O5/c1-4-17(14-24(29)30)27-25(31)23(13-16(2)3)28-26(32)33-15-22-20-11-7-5-9-18(20)19-10-6-8-12-21(19)22/h5-12,16-17,22-23H,4,13-15H2,1-3H3,(H,27,31)(H,28,32)(H,29,30)/t17-,23?/m0/s1. The van der Waals surface area contributed by atoms with Gasteiger partial charge in [0.25, 0.3) is 0 Å². The number of nitrogens with one attached hydrogen (secondary N) is 2. The highest BCUT2D eigenvalue weighted by molar-refractivity contribution is 5.86. The average molecular weight is 453 g/mol. The molecule has 176 valence electrons. The van der Waals surface area contributed by atoms with Gasteiger partial charge in [0.15, 0.2) is 0 Å². The van der Waals surface area contributed by atoms with Crippen LogP contribution in [0.15, 0.2) is 48.5 Å². The number of aliphatic carboxylic acids is 1. The Morgan fingerprint density at radius 3 is 2.06 bits per heavy atom. The SMILES string of the molecule is CC[C@@H](CC(=O)O)NC(=O)C(CC(C)C)NC(=O)OCC1c2ccccc2-c2ccccc21. The molecule has 0 radical (unpaired) electrons. The second kappa shape index (κ2) is 11.0. The van der Waals surface area contributed by atoms with Gasteiger partial charge in [-0.25, -0.2) is 4.79 Å². The molecule has 1 aliphatic carbocycles. The van der Waals surface area contributed by atoms with Crippen LogP contribution in [-0.2, 0) is 14.3 Å². The quantitative estimate of drug-likeness (QED) is 0.498. The fourth-order valence-corrected chi connectivity index (χ4v) is 4.30. The zero-order valence-electron chi connectivity index (χ0n) is 19.3. The maximum atomic E-state index is 12.8. The fourth-order valence-electron chi connectivity index (χ4n) is 4.30. The van der Waals surface area contributed by atoms with Gasteiger partial charge in [-0.05, 0) is 41.0 Å². The van der Waals surface area contributed by atoms with Crippen LogP contribution in [0.25, 0.3) is 11.1 Å². The Labute approximate surface area is 194 Å². The molecule has 2 amide bonds. The molecule has 1 aliphatic rings. The number of rotatable bonds is 10. The molecular weight excluding hydrogens is 420 g/mol. The zero-order chi connectivity index (χ0) is 24.0. The molecule has 0 saturated heterocycles. The van der Waals surface area contributed by atoms with E-state index in [0.29, 0.717) is 12.8 Å². The molecule has 33 heavy (non-hydrogen) atoms. The number of amides is 2. The second-order valence-corrected chi connectivity index (χ2v) is 8.86. The van der Waals surface area contributed by atoms with Crippen LogP contribution < -0.4 is 10.6 Å². The summed E-state index contributed by atoms with van der Waals surface area (Å²) in [5.41, 5.74) is 4.51. The number of ether oxygens (including phenoxy) is 1. The summed E-state index contributed by atoms with van der Waals surface area (Å²) < 4.78 is 5.57. The minimum atomic E-state index is -0.980. The van der Waals surface area contributed by atoms with Crippen LogP contribution in [0.1, 0.15) is 57.1 Å². The average Bonchev–Trinajstić information content (AvgIpc) is 3.10. The predicted molar refractivity (Wildman–Crippen MR) is 126 cm³/mol. The van der Waals surface area contributed by atoms with Crippen LogP contribution in [0.4, 0.5) is 4.79 Å². The maximum absolute atomic E-state index is 12.8. The highest BCUT2D eigenvalue weighted by Crippen LogP contribution is 2.44. The van der Waals surface area contributed by atoms with Crippen molar-refractivity contribution in [2.75, 3.05) is 6.61 Å². The number of alkyl carbamates (subject to hydrolysis) is 1. The van der Waals surface area contributed by atoms with Gasteiger partial charge in [-0.1, -0.05) is 69.3 Å². The Kier molecular flexibility index (Phi) is 8.09. The highest BCUT2D eigenvalue weighted by Gasteiger charge is 2.30. The summed E-state index contributed by atoms with van der Waals surface area (Å²) in [6.07, 6.45) is 0.0716. The molecule has 0 saturated carbocycles. The number of carboxylic acid groups (broad SMARTS) is 1. The van der Waals surface area contributed by atoms with Gasteiger partial charge in [-0.15, -0.1) is 0 Å². The largest absolute Gasteiger partial charge is 0.481 e. The number of fused-ring (bicyclic) bond motifs is 3. The first-order chi connectivity index (χ1) is 15.8. The number of hydrogen-bond acceptors (Lipinski definition) is 4. The van der Waals surface area contributed by atoms with Crippen molar-refractivity contribution in [3.05, 3.63) is 59.7 Å². The van der Waals surface area contributed by atoms with Crippen molar-refractivity contribution in [1.29, 1.82) is 0 Å². The van der Waals surface area contributed by atoms with Crippen molar-refractivity contribution in [2.45, 2.75) is 58.0 Å². The van der Waals surface area contributed by atoms with E-state index in [4.69, 9.17) is 9.84 Å². The Morgan fingerprint density at radius 2 is 1.55 bits per heavy atom. The summed E-state index contributed by atoms with van der Waals surface area (Å²) >= 11 is 0. The van der Waals surface area contributed by atoms with Gasteiger partial charge >= 0.3 is 12.1 Å². The lowest BCUT2D eigenvalue weighted by Crippen LogP contribution is -2.50. The van der Waals surface area contributed by atoms with E-state index in [1.807, 2.05) is 57.2 Å². The zero-order valence-corrected chi connectivity index (χ0v) is 19.3. The van der Waals surface area contributed by atoms with Gasteiger partial charge in [0.05, 0.1) is 6.42 Å². The second-order valence-electron chi connectivity index (χ2n) is 8.86. The van der Waals surface area contributed by atoms with Gasteiger partial charge in [0, 0.05) is 12.0 Å². The van der Waals surface area contributed by atoms with Crippen molar-refractivity contribution in [3.8, 4) is 11.1 Å². The van der Waals surface area contributed by atoms with Crippen molar-refractivity contribution in [3.63, 3.8) is 0 Å². The van der Waals surface area contributed by atoms with Gasteiger partial charge in [-0.3, -0.25) is 9.59 Å². The molecule has 0 bridgehead atoms. The molecule has 2 atom stereocenters. The van der Waals surface area contributed by atoms with E-state index in [2.05, 4.69) is 22.8 Å². The minimum Gasteiger partial charge on any atom is -0.481 e. The number of carbonyl (C=O) groups excluding carboxylic acids is 2. The summed E-state index contributed by atoms with van der Waals surface area (Å²) in [5, 5.41) is 14.5. The van der Waals surface area contributed by atoms with Crippen LogP contribution >= 0.6 is 0 Å². The lowest BCUT2D eigenvalue weighted by atomic mass is 9.98. The normalized spacial score (nSPS) is 14.2. The van der Waals surface area contributed by atoms with Crippen LogP contribution in [0, 0.1) is 5.92 Å². The maximum Gasteiger partial charge on any atom is 0.407 e. The van der Waals surface area contributed by atoms with E-state index >= 15 is 0 Å². The molecule has 0 spiro atoms. The molecule has 3 N–H and O–H groups in total. The molecule has 7 nitrogen and oxygen atoms in total. The first-order valence-corrected chi connectivity index (χ1v) is 11.4. The lowest BCUT2D eigenvalue weighted by molar-refractivity contribution is -0.137. The minimum absolute atomic E-state index is 0.0689. The third-order valence-corrected chi connectivity index (χ3v) is 5.92. The summed E-state index contributed by atoms with van der Waals surface area (Å²) in [4.78, 5) is 36.4. The molecule has 0 aromatic heterocycles. The predicted octanol–water partition coefficient (Wildman–Crippen LogP) is 4.31. The van der Waals surface area contributed by atoms with Crippen molar-refractivity contribution in [2.24, 2.45) is 5.92 Å². The molecule has 2 aromatic rings. The Bertz CT molecular complexity index is 958. The van der Waals surface area contributed by atoms with E-state index in [9.17, 15) is 14.4 Å². The fraction of sp³-hybridized carbons (Fsp3) is 0.423. The summed E-state index contributed by atoms with van der Waals surface area (Å²) in [7, 11) is 0. The number of hydrogen-bond donors (Lipinski definition) is 3. The van der Waals surface area contributed by atoms with Gasteiger partial charge < -0.3 is 20.5 Å². The first kappa shape index (κ1) is 24.3. The Hall–Kier alpha value is -3.35. The molecule has 0 heterocycles.